The highest BCUT2D eigenvalue weighted by Gasteiger charge is 2.15. The van der Waals surface area contributed by atoms with Gasteiger partial charge in [0.05, 0.1) is 12.6 Å². The Morgan fingerprint density at radius 1 is 1.24 bits per heavy atom. The fourth-order valence-electron chi connectivity index (χ4n) is 2.19. The van der Waals surface area contributed by atoms with E-state index in [4.69, 9.17) is 4.74 Å². The molecule has 0 saturated heterocycles. The summed E-state index contributed by atoms with van der Waals surface area (Å²) in [7, 11) is 4.05. The number of rotatable bonds is 9. The van der Waals surface area contributed by atoms with E-state index in [0.717, 1.165) is 18.6 Å². The lowest BCUT2D eigenvalue weighted by Crippen LogP contribution is -2.34. The average molecular weight is 292 g/mol. The second-order valence-corrected chi connectivity index (χ2v) is 5.39. The van der Waals surface area contributed by atoms with Crippen LogP contribution in [0.2, 0.25) is 0 Å². The van der Waals surface area contributed by atoms with Gasteiger partial charge < -0.3 is 15.0 Å². The van der Waals surface area contributed by atoms with E-state index in [2.05, 4.69) is 29.3 Å². The fraction of sp³-hybridized carbons (Fsp3) is 0.588. The Labute approximate surface area is 128 Å². The van der Waals surface area contributed by atoms with Gasteiger partial charge in [0.2, 0.25) is 5.91 Å². The minimum Gasteiger partial charge on any atom is -0.494 e. The zero-order chi connectivity index (χ0) is 15.7. The molecule has 4 heteroatoms. The van der Waals surface area contributed by atoms with Gasteiger partial charge in [-0.05, 0) is 45.1 Å². The summed E-state index contributed by atoms with van der Waals surface area (Å²) in [6.45, 7) is 5.37. The molecule has 1 rings (SSSR count). The molecule has 0 bridgehead atoms. The summed E-state index contributed by atoms with van der Waals surface area (Å²) in [6.07, 6.45) is 2.60. The van der Waals surface area contributed by atoms with E-state index in [9.17, 15) is 4.79 Å². The van der Waals surface area contributed by atoms with Crippen molar-refractivity contribution in [1.82, 2.24) is 10.2 Å². The van der Waals surface area contributed by atoms with Crippen molar-refractivity contribution in [3.05, 3.63) is 29.8 Å². The van der Waals surface area contributed by atoms with Gasteiger partial charge in [0, 0.05) is 13.0 Å². The minimum atomic E-state index is 0.134. The number of carbonyl (C=O) groups is 1. The van der Waals surface area contributed by atoms with Crippen molar-refractivity contribution >= 4 is 5.91 Å². The molecule has 1 N–H and O–H groups in total. The SMILES string of the molecule is CCCCC(=O)NCC(c1ccc(OCC)cc1)N(C)C. The summed E-state index contributed by atoms with van der Waals surface area (Å²) >= 11 is 0. The topological polar surface area (TPSA) is 41.6 Å². The zero-order valence-corrected chi connectivity index (χ0v) is 13.7. The standard InChI is InChI=1S/C17H28N2O2/c1-5-7-8-17(20)18-13-16(19(3)4)14-9-11-15(12-10-14)21-6-2/h9-12,16H,5-8,13H2,1-4H3,(H,18,20). The van der Waals surface area contributed by atoms with E-state index >= 15 is 0 Å². The Bertz CT molecular complexity index is 415. The molecular formula is C17H28N2O2. The smallest absolute Gasteiger partial charge is 0.220 e. The van der Waals surface area contributed by atoms with Crippen LogP contribution in [0.4, 0.5) is 0 Å². The fourth-order valence-corrected chi connectivity index (χ4v) is 2.19. The second kappa shape index (κ2) is 9.40. The number of nitrogens with one attached hydrogen (secondary N) is 1. The molecule has 1 unspecified atom stereocenters. The largest absolute Gasteiger partial charge is 0.494 e. The predicted octanol–water partition coefficient (Wildman–Crippen LogP) is 2.99. The van der Waals surface area contributed by atoms with Crippen molar-refractivity contribution < 1.29 is 9.53 Å². The van der Waals surface area contributed by atoms with E-state index in [0.29, 0.717) is 19.6 Å². The number of hydrogen-bond donors (Lipinski definition) is 1. The Kier molecular flexibility index (Phi) is 7.83. The van der Waals surface area contributed by atoms with Crippen LogP contribution in [-0.2, 0) is 4.79 Å². The van der Waals surface area contributed by atoms with Gasteiger partial charge in [-0.25, -0.2) is 0 Å². The highest BCUT2D eigenvalue weighted by atomic mass is 16.5. The van der Waals surface area contributed by atoms with Gasteiger partial charge in [-0.15, -0.1) is 0 Å². The van der Waals surface area contributed by atoms with Gasteiger partial charge in [-0.3, -0.25) is 4.79 Å². The molecule has 0 spiro atoms. The molecule has 0 saturated carbocycles. The number of benzene rings is 1. The van der Waals surface area contributed by atoms with Crippen LogP contribution in [0.1, 0.15) is 44.7 Å². The first kappa shape index (κ1) is 17.5. The summed E-state index contributed by atoms with van der Waals surface area (Å²) in [6, 6.07) is 8.26. The Morgan fingerprint density at radius 2 is 1.90 bits per heavy atom. The van der Waals surface area contributed by atoms with E-state index in [-0.39, 0.29) is 11.9 Å². The number of ether oxygens (including phenoxy) is 1. The van der Waals surface area contributed by atoms with Gasteiger partial charge in [0.25, 0.3) is 0 Å². The molecular weight excluding hydrogens is 264 g/mol. The quantitative estimate of drug-likeness (QED) is 0.761. The number of unbranched alkanes of at least 4 members (excludes halogenated alkanes) is 1. The summed E-state index contributed by atoms with van der Waals surface area (Å²) in [5, 5.41) is 3.03. The van der Waals surface area contributed by atoms with E-state index < -0.39 is 0 Å². The maximum atomic E-state index is 11.7. The summed E-state index contributed by atoms with van der Waals surface area (Å²) < 4.78 is 5.46. The maximum absolute atomic E-state index is 11.7. The van der Waals surface area contributed by atoms with E-state index in [1.165, 1.54) is 5.56 Å². The second-order valence-electron chi connectivity index (χ2n) is 5.39. The lowest BCUT2D eigenvalue weighted by Gasteiger charge is -2.25. The maximum Gasteiger partial charge on any atom is 0.220 e. The first-order chi connectivity index (χ1) is 10.1. The van der Waals surface area contributed by atoms with Crippen molar-refractivity contribution in [2.24, 2.45) is 0 Å². The summed E-state index contributed by atoms with van der Waals surface area (Å²) in [5.41, 5.74) is 1.18. The number of likely N-dealkylation sites (N-methyl/N-ethyl adjacent to an activating group) is 1. The zero-order valence-electron chi connectivity index (χ0n) is 13.7. The Hall–Kier alpha value is -1.55. The normalized spacial score (nSPS) is 12.2. The van der Waals surface area contributed by atoms with Crippen molar-refractivity contribution in [2.75, 3.05) is 27.2 Å². The van der Waals surface area contributed by atoms with Crippen LogP contribution in [0.15, 0.2) is 24.3 Å². The molecule has 0 aliphatic rings. The summed E-state index contributed by atoms with van der Waals surface area (Å²) in [5.74, 6) is 1.01. The van der Waals surface area contributed by atoms with Crippen LogP contribution < -0.4 is 10.1 Å². The lowest BCUT2D eigenvalue weighted by molar-refractivity contribution is -0.121. The van der Waals surface area contributed by atoms with Gasteiger partial charge in [-0.1, -0.05) is 25.5 Å². The van der Waals surface area contributed by atoms with Crippen LogP contribution in [0, 0.1) is 0 Å². The van der Waals surface area contributed by atoms with Crippen molar-refractivity contribution in [3.63, 3.8) is 0 Å². The van der Waals surface area contributed by atoms with Crippen LogP contribution in [-0.4, -0.2) is 38.1 Å². The monoisotopic (exact) mass is 292 g/mol. The third-order valence-corrected chi connectivity index (χ3v) is 3.45. The molecule has 0 fully saturated rings. The first-order valence-electron chi connectivity index (χ1n) is 7.74. The number of hydrogen-bond acceptors (Lipinski definition) is 3. The minimum absolute atomic E-state index is 0.134. The molecule has 118 valence electrons. The third kappa shape index (κ3) is 6.17. The highest BCUT2D eigenvalue weighted by molar-refractivity contribution is 5.75. The molecule has 0 heterocycles. The predicted molar refractivity (Wildman–Crippen MR) is 86.6 cm³/mol. The molecule has 21 heavy (non-hydrogen) atoms. The first-order valence-corrected chi connectivity index (χ1v) is 7.74. The molecule has 1 atom stereocenters. The van der Waals surface area contributed by atoms with Crippen molar-refractivity contribution in [1.29, 1.82) is 0 Å². The number of nitrogens with zero attached hydrogens (tertiary/aromatic N) is 1. The average Bonchev–Trinajstić information content (AvgIpc) is 2.47. The number of amides is 1. The molecule has 1 amide bonds. The number of carbonyl (C=O) groups excluding carboxylic acids is 1. The van der Waals surface area contributed by atoms with Crippen LogP contribution in [0.5, 0.6) is 5.75 Å². The van der Waals surface area contributed by atoms with Crippen molar-refractivity contribution in [3.8, 4) is 5.75 Å². The van der Waals surface area contributed by atoms with Crippen LogP contribution >= 0.6 is 0 Å². The van der Waals surface area contributed by atoms with Gasteiger partial charge in [0.1, 0.15) is 5.75 Å². The van der Waals surface area contributed by atoms with Gasteiger partial charge in [0.15, 0.2) is 0 Å². The van der Waals surface area contributed by atoms with Crippen LogP contribution in [0.3, 0.4) is 0 Å². The van der Waals surface area contributed by atoms with Crippen LogP contribution in [0.25, 0.3) is 0 Å². The molecule has 0 aliphatic carbocycles. The van der Waals surface area contributed by atoms with E-state index in [1.54, 1.807) is 0 Å². The molecule has 1 aromatic carbocycles. The summed E-state index contributed by atoms with van der Waals surface area (Å²) in [4.78, 5) is 13.9. The Balaban J connectivity index is 2.62. The molecule has 0 radical (unpaired) electrons. The molecule has 1 aromatic rings. The molecule has 0 aromatic heterocycles. The van der Waals surface area contributed by atoms with Gasteiger partial charge >= 0.3 is 0 Å². The molecule has 4 nitrogen and oxygen atoms in total. The van der Waals surface area contributed by atoms with Crippen molar-refractivity contribution in [2.45, 2.75) is 39.2 Å². The van der Waals surface area contributed by atoms with E-state index in [1.807, 2.05) is 33.2 Å². The molecule has 0 aliphatic heterocycles. The van der Waals surface area contributed by atoms with Gasteiger partial charge in [-0.2, -0.15) is 0 Å². The lowest BCUT2D eigenvalue weighted by atomic mass is 10.1. The highest BCUT2D eigenvalue weighted by Crippen LogP contribution is 2.21. The third-order valence-electron chi connectivity index (χ3n) is 3.45. The Morgan fingerprint density at radius 3 is 2.43 bits per heavy atom.